The van der Waals surface area contributed by atoms with Crippen molar-refractivity contribution in [3.05, 3.63) is 52.8 Å². The van der Waals surface area contributed by atoms with Gasteiger partial charge in [-0.05, 0) is 52.0 Å². The first-order valence-corrected chi connectivity index (χ1v) is 10.4. The topological polar surface area (TPSA) is 88.6 Å². The average molecular weight is 406 g/mol. The van der Waals surface area contributed by atoms with Crippen molar-refractivity contribution >= 4 is 15.9 Å². The van der Waals surface area contributed by atoms with E-state index in [1.54, 1.807) is 39.1 Å². The number of aromatic nitrogens is 1. The number of benzene rings is 1. The van der Waals surface area contributed by atoms with Gasteiger partial charge in [0.25, 0.3) is 5.91 Å². The number of pyridine rings is 1. The maximum Gasteiger partial charge on any atom is 0.253 e. The number of amides is 1. The summed E-state index contributed by atoms with van der Waals surface area (Å²) in [5.74, 6) is 0.541. The van der Waals surface area contributed by atoms with Gasteiger partial charge in [-0.2, -0.15) is 0 Å². The molecule has 2 aromatic rings. The van der Waals surface area contributed by atoms with E-state index in [0.717, 1.165) is 22.6 Å². The third kappa shape index (κ3) is 4.88. The highest BCUT2D eigenvalue weighted by Crippen LogP contribution is 2.25. The molecular weight excluding hydrogens is 378 g/mol. The van der Waals surface area contributed by atoms with Gasteiger partial charge in [0.05, 0.1) is 24.2 Å². The summed E-state index contributed by atoms with van der Waals surface area (Å²) in [4.78, 5) is 18.8. The van der Waals surface area contributed by atoms with E-state index in [9.17, 15) is 13.2 Å². The smallest absolute Gasteiger partial charge is 0.253 e. The van der Waals surface area contributed by atoms with E-state index < -0.39 is 10.0 Å². The number of hydrogen-bond acceptors (Lipinski definition) is 5. The molecule has 0 saturated heterocycles. The van der Waals surface area contributed by atoms with Crippen LogP contribution in [-0.4, -0.2) is 44.4 Å². The average Bonchev–Trinajstić information content (AvgIpc) is 2.63. The molecule has 0 bridgehead atoms. The van der Waals surface area contributed by atoms with Gasteiger partial charge in [0.1, 0.15) is 5.75 Å². The SMILES string of the molecule is COc1c(C)cnc(CN(C)C(=O)c2ccc(S(=O)(=O)NC(C)C)cc2)c1C. The minimum absolute atomic E-state index is 0.126. The lowest BCUT2D eigenvalue weighted by molar-refractivity contribution is 0.0783. The first-order chi connectivity index (χ1) is 13.1. The number of carbonyl (C=O) groups is 1. The molecule has 1 N–H and O–H groups in total. The molecule has 0 fully saturated rings. The number of rotatable bonds is 7. The lowest BCUT2D eigenvalue weighted by Gasteiger charge is -2.19. The standard InChI is InChI=1S/C20H27N3O4S/c1-13(2)22-28(25,26)17-9-7-16(8-10-17)20(24)23(5)12-18-15(4)19(27-6)14(3)11-21-18/h7-11,13,22H,12H2,1-6H3. The normalized spacial score (nSPS) is 11.5. The van der Waals surface area contributed by atoms with Crippen LogP contribution in [0, 0.1) is 13.8 Å². The van der Waals surface area contributed by atoms with Gasteiger partial charge in [0.15, 0.2) is 0 Å². The molecule has 0 spiro atoms. The second-order valence-electron chi connectivity index (χ2n) is 7.01. The number of sulfonamides is 1. The van der Waals surface area contributed by atoms with Crippen LogP contribution in [0.2, 0.25) is 0 Å². The first-order valence-electron chi connectivity index (χ1n) is 8.93. The minimum atomic E-state index is -3.59. The zero-order chi connectivity index (χ0) is 21.1. The molecular formula is C20H27N3O4S. The summed E-state index contributed by atoms with van der Waals surface area (Å²) in [6.45, 7) is 7.65. The molecule has 0 aliphatic carbocycles. The van der Waals surface area contributed by atoms with Crippen LogP contribution in [0.15, 0.2) is 35.4 Å². The number of hydrogen-bond donors (Lipinski definition) is 1. The molecule has 0 aliphatic heterocycles. The molecule has 0 saturated carbocycles. The molecule has 28 heavy (non-hydrogen) atoms. The van der Waals surface area contributed by atoms with Gasteiger partial charge in [0.2, 0.25) is 10.0 Å². The van der Waals surface area contributed by atoms with Crippen LogP contribution in [-0.2, 0) is 16.6 Å². The fourth-order valence-electron chi connectivity index (χ4n) is 2.90. The van der Waals surface area contributed by atoms with Crippen molar-refractivity contribution in [3.8, 4) is 5.75 Å². The summed E-state index contributed by atoms with van der Waals surface area (Å²) >= 11 is 0. The van der Waals surface area contributed by atoms with Crippen molar-refractivity contribution in [1.82, 2.24) is 14.6 Å². The van der Waals surface area contributed by atoms with Crippen LogP contribution < -0.4 is 9.46 Å². The van der Waals surface area contributed by atoms with Gasteiger partial charge in [-0.3, -0.25) is 9.78 Å². The van der Waals surface area contributed by atoms with Crippen molar-refractivity contribution in [3.63, 3.8) is 0 Å². The fourth-order valence-corrected chi connectivity index (χ4v) is 4.15. The van der Waals surface area contributed by atoms with Crippen molar-refractivity contribution in [2.45, 2.75) is 45.2 Å². The van der Waals surface area contributed by atoms with Gasteiger partial charge in [-0.1, -0.05) is 0 Å². The lowest BCUT2D eigenvalue weighted by Crippen LogP contribution is -2.30. The maximum absolute atomic E-state index is 12.7. The first kappa shape index (κ1) is 21.8. The molecule has 0 unspecified atom stereocenters. The highest BCUT2D eigenvalue weighted by atomic mass is 32.2. The van der Waals surface area contributed by atoms with Crippen LogP contribution in [0.4, 0.5) is 0 Å². The van der Waals surface area contributed by atoms with E-state index in [-0.39, 0.29) is 16.8 Å². The Balaban J connectivity index is 2.18. The van der Waals surface area contributed by atoms with Crippen LogP contribution in [0.3, 0.4) is 0 Å². The third-order valence-corrected chi connectivity index (χ3v) is 5.96. The Hall–Kier alpha value is -2.45. The molecule has 152 valence electrons. The van der Waals surface area contributed by atoms with Crippen molar-refractivity contribution < 1.29 is 17.9 Å². The van der Waals surface area contributed by atoms with Gasteiger partial charge in [0, 0.05) is 36.0 Å². The van der Waals surface area contributed by atoms with E-state index in [4.69, 9.17) is 4.74 Å². The Morgan fingerprint density at radius 3 is 2.36 bits per heavy atom. The molecule has 7 nitrogen and oxygen atoms in total. The maximum atomic E-state index is 12.7. The second kappa shape index (κ2) is 8.70. The minimum Gasteiger partial charge on any atom is -0.496 e. The molecule has 8 heteroatoms. The molecule has 0 atom stereocenters. The summed E-state index contributed by atoms with van der Waals surface area (Å²) in [6, 6.07) is 5.70. The predicted octanol–water partition coefficient (Wildman–Crippen LogP) is 2.67. The molecule has 0 radical (unpaired) electrons. The third-order valence-electron chi connectivity index (χ3n) is 4.29. The lowest BCUT2D eigenvalue weighted by atomic mass is 10.1. The Morgan fingerprint density at radius 1 is 1.21 bits per heavy atom. The largest absolute Gasteiger partial charge is 0.496 e. The van der Waals surface area contributed by atoms with Gasteiger partial charge in [-0.25, -0.2) is 13.1 Å². The summed E-state index contributed by atoms with van der Waals surface area (Å²) < 4.78 is 32.3. The van der Waals surface area contributed by atoms with Gasteiger partial charge in [-0.15, -0.1) is 0 Å². The summed E-state index contributed by atoms with van der Waals surface area (Å²) in [5.41, 5.74) is 2.98. The Bertz CT molecular complexity index is 954. The van der Waals surface area contributed by atoms with E-state index in [1.165, 1.54) is 24.3 Å². The quantitative estimate of drug-likeness (QED) is 0.765. The molecule has 1 heterocycles. The number of ether oxygens (including phenoxy) is 1. The molecule has 1 aromatic carbocycles. The van der Waals surface area contributed by atoms with Gasteiger partial charge >= 0.3 is 0 Å². The number of carbonyl (C=O) groups excluding carboxylic acids is 1. The van der Waals surface area contributed by atoms with Crippen LogP contribution >= 0.6 is 0 Å². The van der Waals surface area contributed by atoms with Crippen molar-refractivity contribution in [2.75, 3.05) is 14.2 Å². The van der Waals surface area contributed by atoms with E-state index in [2.05, 4.69) is 9.71 Å². The summed E-state index contributed by atoms with van der Waals surface area (Å²) in [7, 11) is -0.297. The Labute approximate surface area is 166 Å². The molecule has 1 aromatic heterocycles. The Morgan fingerprint density at radius 2 is 1.82 bits per heavy atom. The van der Waals surface area contributed by atoms with Crippen molar-refractivity contribution in [1.29, 1.82) is 0 Å². The zero-order valence-electron chi connectivity index (χ0n) is 17.1. The number of aryl methyl sites for hydroxylation is 1. The Kier molecular flexibility index (Phi) is 6.79. The molecule has 2 rings (SSSR count). The highest BCUT2D eigenvalue weighted by Gasteiger charge is 2.19. The number of nitrogens with zero attached hydrogens (tertiary/aromatic N) is 2. The number of methoxy groups -OCH3 is 1. The molecule has 0 aliphatic rings. The predicted molar refractivity (Wildman–Crippen MR) is 108 cm³/mol. The molecule has 1 amide bonds. The monoisotopic (exact) mass is 405 g/mol. The van der Waals surface area contributed by atoms with Crippen LogP contribution in [0.1, 0.15) is 41.0 Å². The van der Waals surface area contributed by atoms with Crippen LogP contribution in [0.25, 0.3) is 0 Å². The fraction of sp³-hybridized carbons (Fsp3) is 0.400. The van der Waals surface area contributed by atoms with Gasteiger partial charge < -0.3 is 9.64 Å². The van der Waals surface area contributed by atoms with E-state index >= 15 is 0 Å². The van der Waals surface area contributed by atoms with E-state index in [1.807, 2.05) is 13.8 Å². The van der Waals surface area contributed by atoms with Crippen molar-refractivity contribution in [2.24, 2.45) is 0 Å². The summed E-state index contributed by atoms with van der Waals surface area (Å²) in [5, 5.41) is 0. The summed E-state index contributed by atoms with van der Waals surface area (Å²) in [6.07, 6.45) is 1.72. The second-order valence-corrected chi connectivity index (χ2v) is 8.72. The zero-order valence-corrected chi connectivity index (χ0v) is 17.9. The highest BCUT2D eigenvalue weighted by molar-refractivity contribution is 7.89. The number of nitrogens with one attached hydrogen (secondary N) is 1. The van der Waals surface area contributed by atoms with E-state index in [0.29, 0.717) is 12.1 Å². The van der Waals surface area contributed by atoms with Crippen LogP contribution in [0.5, 0.6) is 5.75 Å².